The lowest BCUT2D eigenvalue weighted by Crippen LogP contribution is -2.47. The molecule has 1 aliphatic heterocycles. The van der Waals surface area contributed by atoms with Crippen LogP contribution in [0.2, 0.25) is 0 Å². The molecule has 2 atom stereocenters. The minimum absolute atomic E-state index is 0.0344. The van der Waals surface area contributed by atoms with E-state index in [2.05, 4.69) is 19.2 Å². The predicted molar refractivity (Wildman–Crippen MR) is 65.9 cm³/mol. The van der Waals surface area contributed by atoms with Crippen LogP contribution >= 0.6 is 0 Å². The first-order chi connectivity index (χ1) is 7.69. The summed E-state index contributed by atoms with van der Waals surface area (Å²) in [5, 5.41) is 9.74. The van der Waals surface area contributed by atoms with Gasteiger partial charge in [0.25, 0.3) is 0 Å². The van der Waals surface area contributed by atoms with E-state index in [0.717, 1.165) is 31.8 Å². The molecule has 16 heavy (non-hydrogen) atoms. The lowest BCUT2D eigenvalue weighted by molar-refractivity contribution is 0.135. The molecule has 0 aromatic rings. The summed E-state index contributed by atoms with van der Waals surface area (Å²) in [5.74, 6) is 1.37. The first-order valence-corrected chi connectivity index (χ1v) is 6.20. The third-order valence-electron chi connectivity index (χ3n) is 3.49. The lowest BCUT2D eigenvalue weighted by atomic mass is 9.85. The van der Waals surface area contributed by atoms with Crippen LogP contribution in [0.4, 0.5) is 4.79 Å². The molecule has 2 N–H and O–H groups in total. The van der Waals surface area contributed by atoms with Crippen LogP contribution in [0, 0.1) is 17.2 Å². The van der Waals surface area contributed by atoms with Crippen molar-refractivity contribution in [2.45, 2.75) is 33.1 Å². The SMILES string of the molecule is CC[C@H]1CN(C(=O)NCCC=N)CC[C@H]1C. The van der Waals surface area contributed by atoms with Gasteiger partial charge in [-0.2, -0.15) is 0 Å². The summed E-state index contributed by atoms with van der Waals surface area (Å²) in [7, 11) is 0. The fourth-order valence-corrected chi connectivity index (χ4v) is 2.23. The van der Waals surface area contributed by atoms with E-state index in [-0.39, 0.29) is 6.03 Å². The Balaban J connectivity index is 2.36. The van der Waals surface area contributed by atoms with Gasteiger partial charge in [-0.15, -0.1) is 0 Å². The Hall–Kier alpha value is -1.06. The van der Waals surface area contributed by atoms with Gasteiger partial charge in [0.2, 0.25) is 0 Å². The molecule has 0 bridgehead atoms. The minimum Gasteiger partial charge on any atom is -0.338 e. The zero-order valence-corrected chi connectivity index (χ0v) is 10.3. The second kappa shape index (κ2) is 6.51. The molecule has 0 saturated carbocycles. The highest BCUT2D eigenvalue weighted by molar-refractivity contribution is 5.74. The van der Waals surface area contributed by atoms with Gasteiger partial charge in [-0.1, -0.05) is 20.3 Å². The zero-order chi connectivity index (χ0) is 12.0. The number of carbonyl (C=O) groups excluding carboxylic acids is 1. The standard InChI is InChI=1S/C12H23N3O/c1-3-11-9-15(8-5-10(11)2)12(16)14-7-4-6-13/h6,10-11,13H,3-5,7-9H2,1-2H3,(H,14,16)/t10-,11+/m1/s1. The third kappa shape index (κ3) is 3.51. The molecule has 1 heterocycles. The van der Waals surface area contributed by atoms with Gasteiger partial charge in [0.05, 0.1) is 0 Å². The van der Waals surface area contributed by atoms with E-state index >= 15 is 0 Å². The number of amides is 2. The van der Waals surface area contributed by atoms with Crippen LogP contribution in [0.15, 0.2) is 0 Å². The van der Waals surface area contributed by atoms with Crippen molar-refractivity contribution in [3.05, 3.63) is 0 Å². The zero-order valence-electron chi connectivity index (χ0n) is 10.3. The van der Waals surface area contributed by atoms with E-state index in [4.69, 9.17) is 5.41 Å². The summed E-state index contributed by atoms with van der Waals surface area (Å²) in [6, 6.07) is 0.0344. The molecule has 0 unspecified atom stereocenters. The predicted octanol–water partition coefficient (Wildman–Crippen LogP) is 2.10. The molecular weight excluding hydrogens is 202 g/mol. The highest BCUT2D eigenvalue weighted by Gasteiger charge is 2.27. The van der Waals surface area contributed by atoms with Gasteiger partial charge in [0, 0.05) is 19.6 Å². The average molecular weight is 225 g/mol. The van der Waals surface area contributed by atoms with E-state index in [1.807, 2.05) is 4.90 Å². The molecular formula is C12H23N3O. The Bertz CT molecular complexity index is 242. The molecule has 1 fully saturated rings. The van der Waals surface area contributed by atoms with Gasteiger partial charge in [-0.25, -0.2) is 4.79 Å². The Morgan fingerprint density at radius 3 is 3.00 bits per heavy atom. The molecule has 0 radical (unpaired) electrons. The largest absolute Gasteiger partial charge is 0.338 e. The molecule has 0 spiro atoms. The number of hydrogen-bond donors (Lipinski definition) is 2. The summed E-state index contributed by atoms with van der Waals surface area (Å²) >= 11 is 0. The van der Waals surface area contributed by atoms with E-state index < -0.39 is 0 Å². The van der Waals surface area contributed by atoms with E-state index in [9.17, 15) is 4.79 Å². The fourth-order valence-electron chi connectivity index (χ4n) is 2.23. The fraction of sp³-hybridized carbons (Fsp3) is 0.833. The van der Waals surface area contributed by atoms with E-state index in [0.29, 0.717) is 18.9 Å². The van der Waals surface area contributed by atoms with E-state index in [1.165, 1.54) is 6.21 Å². The Kier molecular flexibility index (Phi) is 5.29. The second-order valence-corrected chi connectivity index (χ2v) is 4.61. The molecule has 1 aliphatic rings. The van der Waals surface area contributed by atoms with Crippen LogP contribution in [0.3, 0.4) is 0 Å². The van der Waals surface area contributed by atoms with Crippen LogP contribution in [0.5, 0.6) is 0 Å². The smallest absolute Gasteiger partial charge is 0.317 e. The van der Waals surface area contributed by atoms with Gasteiger partial charge in [0.1, 0.15) is 0 Å². The number of nitrogens with zero attached hydrogens (tertiary/aromatic N) is 1. The van der Waals surface area contributed by atoms with E-state index in [1.54, 1.807) is 0 Å². The monoisotopic (exact) mass is 225 g/mol. The molecule has 0 aromatic heterocycles. The van der Waals surface area contributed by atoms with Crippen molar-refractivity contribution in [3.8, 4) is 0 Å². The number of carbonyl (C=O) groups is 1. The van der Waals surface area contributed by atoms with Crippen molar-refractivity contribution in [2.24, 2.45) is 11.8 Å². The number of nitrogens with one attached hydrogen (secondary N) is 2. The molecule has 1 saturated heterocycles. The van der Waals surface area contributed by atoms with Crippen molar-refractivity contribution < 1.29 is 4.79 Å². The number of rotatable bonds is 4. The first-order valence-electron chi connectivity index (χ1n) is 6.20. The summed E-state index contributed by atoms with van der Waals surface area (Å²) in [6.45, 7) is 6.80. The molecule has 0 aliphatic carbocycles. The number of piperidine rings is 1. The van der Waals surface area contributed by atoms with Crippen LogP contribution in [0.1, 0.15) is 33.1 Å². The van der Waals surface area contributed by atoms with Crippen LogP contribution < -0.4 is 5.32 Å². The van der Waals surface area contributed by atoms with Gasteiger partial charge >= 0.3 is 6.03 Å². The van der Waals surface area contributed by atoms with Gasteiger partial charge in [0.15, 0.2) is 0 Å². The molecule has 92 valence electrons. The third-order valence-corrected chi connectivity index (χ3v) is 3.49. The lowest BCUT2D eigenvalue weighted by Gasteiger charge is -2.36. The molecule has 0 aromatic carbocycles. The maximum Gasteiger partial charge on any atom is 0.317 e. The summed E-state index contributed by atoms with van der Waals surface area (Å²) in [4.78, 5) is 13.7. The quantitative estimate of drug-likeness (QED) is 0.558. The summed E-state index contributed by atoms with van der Waals surface area (Å²) in [6.07, 6.45) is 4.20. The molecule has 2 amide bonds. The van der Waals surface area contributed by atoms with Crippen LogP contribution in [-0.4, -0.2) is 36.8 Å². The Morgan fingerprint density at radius 2 is 2.38 bits per heavy atom. The van der Waals surface area contributed by atoms with Crippen molar-refractivity contribution in [2.75, 3.05) is 19.6 Å². The van der Waals surface area contributed by atoms with Crippen LogP contribution in [-0.2, 0) is 0 Å². The molecule has 4 nitrogen and oxygen atoms in total. The second-order valence-electron chi connectivity index (χ2n) is 4.61. The first kappa shape index (κ1) is 13.0. The van der Waals surface area contributed by atoms with Crippen molar-refractivity contribution in [1.29, 1.82) is 5.41 Å². The highest BCUT2D eigenvalue weighted by atomic mass is 16.2. The highest BCUT2D eigenvalue weighted by Crippen LogP contribution is 2.25. The Morgan fingerprint density at radius 1 is 1.62 bits per heavy atom. The number of urea groups is 1. The van der Waals surface area contributed by atoms with Gasteiger partial charge in [-0.3, -0.25) is 0 Å². The topological polar surface area (TPSA) is 56.2 Å². The number of hydrogen-bond acceptors (Lipinski definition) is 2. The maximum absolute atomic E-state index is 11.8. The summed E-state index contributed by atoms with van der Waals surface area (Å²) < 4.78 is 0. The maximum atomic E-state index is 11.8. The Labute approximate surface area is 97.9 Å². The summed E-state index contributed by atoms with van der Waals surface area (Å²) in [5.41, 5.74) is 0. The van der Waals surface area contributed by atoms with Crippen molar-refractivity contribution in [1.82, 2.24) is 10.2 Å². The van der Waals surface area contributed by atoms with Crippen molar-refractivity contribution in [3.63, 3.8) is 0 Å². The normalized spacial score (nSPS) is 25.2. The van der Waals surface area contributed by atoms with Gasteiger partial charge < -0.3 is 15.6 Å². The van der Waals surface area contributed by atoms with Gasteiger partial charge in [-0.05, 0) is 30.9 Å². The van der Waals surface area contributed by atoms with Crippen LogP contribution in [0.25, 0.3) is 0 Å². The minimum atomic E-state index is 0.0344. The molecule has 1 rings (SSSR count). The molecule has 4 heteroatoms. The number of likely N-dealkylation sites (tertiary alicyclic amines) is 1. The van der Waals surface area contributed by atoms with Crippen molar-refractivity contribution >= 4 is 12.2 Å². The average Bonchev–Trinajstić information content (AvgIpc) is 2.30.